The fourth-order valence-electron chi connectivity index (χ4n) is 5.54. The van der Waals surface area contributed by atoms with Crippen LogP contribution >= 0.6 is 0 Å². The van der Waals surface area contributed by atoms with Crippen LogP contribution in [0.2, 0.25) is 0 Å². The van der Waals surface area contributed by atoms with E-state index in [1.54, 1.807) is 0 Å². The molecule has 3 aliphatic rings. The van der Waals surface area contributed by atoms with Crippen LogP contribution in [0.25, 0.3) is 0 Å². The van der Waals surface area contributed by atoms with E-state index in [9.17, 15) is 10.2 Å². The average Bonchev–Trinajstić information content (AvgIpc) is 2.74. The van der Waals surface area contributed by atoms with Crippen LogP contribution in [0.15, 0.2) is 18.2 Å². The van der Waals surface area contributed by atoms with E-state index in [2.05, 4.69) is 13.0 Å². The summed E-state index contributed by atoms with van der Waals surface area (Å²) in [6.45, 7) is 2.32. The molecule has 0 aromatic heterocycles. The number of hydrogen-bond acceptors (Lipinski definition) is 2. The molecule has 2 nitrogen and oxygen atoms in total. The van der Waals surface area contributed by atoms with Crippen molar-refractivity contribution in [3.63, 3.8) is 0 Å². The van der Waals surface area contributed by atoms with E-state index < -0.39 is 0 Å². The van der Waals surface area contributed by atoms with Crippen molar-refractivity contribution < 1.29 is 10.2 Å². The van der Waals surface area contributed by atoms with Crippen molar-refractivity contribution in [2.45, 2.75) is 57.5 Å². The molecule has 0 radical (unpaired) electrons. The van der Waals surface area contributed by atoms with Gasteiger partial charge in [-0.05, 0) is 85.0 Å². The second kappa shape index (κ2) is 5.56. The Hall–Kier alpha value is -0.0200. The predicted molar refractivity (Wildman–Crippen MR) is 85.9 cm³/mol. The van der Waals surface area contributed by atoms with Gasteiger partial charge in [-0.15, -0.1) is 0 Å². The number of aliphatic hydroxyl groups is 1. The van der Waals surface area contributed by atoms with Gasteiger partial charge in [0.15, 0.2) is 0 Å². The van der Waals surface area contributed by atoms with Crippen LogP contribution in [-0.4, -0.2) is 45.9 Å². The molecule has 3 heteroatoms. The molecule has 0 unspecified atom stereocenters. The van der Waals surface area contributed by atoms with Gasteiger partial charge in [0, 0.05) is 0 Å². The Labute approximate surface area is 149 Å². The van der Waals surface area contributed by atoms with E-state index in [-0.39, 0.29) is 41.1 Å². The molecule has 0 aliphatic heterocycles. The van der Waals surface area contributed by atoms with E-state index in [4.69, 9.17) is 0 Å². The molecule has 4 rings (SSSR count). The summed E-state index contributed by atoms with van der Waals surface area (Å²) in [6, 6.07) is 5.96. The monoisotopic (exact) mass is 296 g/mol. The molecule has 0 amide bonds. The molecular weight excluding hydrogens is 271 g/mol. The molecule has 0 saturated heterocycles. The molecule has 1 aromatic rings. The number of aromatic hydroxyl groups is 1. The van der Waals surface area contributed by atoms with E-state index in [0.29, 0.717) is 17.6 Å². The van der Waals surface area contributed by atoms with E-state index in [1.807, 2.05) is 12.1 Å². The number of benzene rings is 1. The first-order valence-corrected chi connectivity index (χ1v) is 8.09. The van der Waals surface area contributed by atoms with Gasteiger partial charge in [-0.1, -0.05) is 13.0 Å². The fraction of sp³-hybridized carbons (Fsp3) is 0.667. The first-order valence-electron chi connectivity index (χ1n) is 8.09. The van der Waals surface area contributed by atoms with Crippen molar-refractivity contribution in [3.8, 4) is 5.75 Å². The van der Waals surface area contributed by atoms with Crippen molar-refractivity contribution in [2.75, 3.05) is 0 Å². The van der Waals surface area contributed by atoms with Crippen molar-refractivity contribution in [1.29, 1.82) is 0 Å². The van der Waals surface area contributed by atoms with Crippen molar-refractivity contribution >= 4 is 29.6 Å². The number of hydrogen-bond donors (Lipinski definition) is 2. The zero-order valence-electron chi connectivity index (χ0n) is 12.2. The Balaban J connectivity index is 0.00000132. The van der Waals surface area contributed by atoms with Crippen LogP contribution in [0.3, 0.4) is 0 Å². The molecule has 5 atom stereocenters. The van der Waals surface area contributed by atoms with Gasteiger partial charge in [0.05, 0.1) is 6.10 Å². The van der Waals surface area contributed by atoms with Gasteiger partial charge in [-0.25, -0.2) is 0 Å². The van der Waals surface area contributed by atoms with Crippen LogP contribution in [0.4, 0.5) is 0 Å². The van der Waals surface area contributed by atoms with Gasteiger partial charge in [0.2, 0.25) is 0 Å². The summed E-state index contributed by atoms with van der Waals surface area (Å²) in [4.78, 5) is 0. The van der Waals surface area contributed by atoms with Crippen LogP contribution in [0.5, 0.6) is 5.75 Å². The molecule has 2 fully saturated rings. The average molecular weight is 296 g/mol. The minimum atomic E-state index is -0.0883. The van der Waals surface area contributed by atoms with Crippen molar-refractivity contribution in [1.82, 2.24) is 0 Å². The SMILES string of the molecule is C[C@]12CC[C@@H]3c4ccc(O)cc4CC[C@H]3[C@@H]1CC[C@@H]2O.[NaH]. The molecule has 2 N–H and O–H groups in total. The van der Waals surface area contributed by atoms with Gasteiger partial charge in [0.1, 0.15) is 5.75 Å². The standard InChI is InChI=1S/C18H24O2.Na.H/c1-18-9-8-14-13-5-3-12(19)10-11(13)2-4-15(14)16(18)6-7-17(18)20;;/h3,5,10,14-17,19-20H,2,4,6-9H2,1H3;;/t14-,15-,16+,17+,18+;;/m1../s1. The molecule has 0 heterocycles. The zero-order valence-corrected chi connectivity index (χ0v) is 12.2. The molecule has 0 bridgehead atoms. The van der Waals surface area contributed by atoms with Gasteiger partial charge < -0.3 is 10.2 Å². The summed E-state index contributed by atoms with van der Waals surface area (Å²) in [5.41, 5.74) is 2.99. The molecule has 0 spiro atoms. The van der Waals surface area contributed by atoms with Crippen LogP contribution < -0.4 is 0 Å². The Kier molecular flexibility index (Phi) is 4.20. The molecule has 1 aromatic carbocycles. The molecule has 3 aliphatic carbocycles. The topological polar surface area (TPSA) is 40.5 Å². The fourth-order valence-corrected chi connectivity index (χ4v) is 5.54. The quantitative estimate of drug-likeness (QED) is 0.723. The first kappa shape index (κ1) is 15.9. The number of aliphatic hydroxyl groups excluding tert-OH is 1. The summed E-state index contributed by atoms with van der Waals surface area (Å²) in [6.07, 6.45) is 6.78. The summed E-state index contributed by atoms with van der Waals surface area (Å²) < 4.78 is 0. The van der Waals surface area contributed by atoms with Crippen LogP contribution in [0, 0.1) is 17.3 Å². The molecular formula is C18H25NaO2. The Bertz CT molecular complexity index is 544. The number of rotatable bonds is 0. The molecule has 21 heavy (non-hydrogen) atoms. The van der Waals surface area contributed by atoms with Crippen molar-refractivity contribution in [2.24, 2.45) is 17.3 Å². The van der Waals surface area contributed by atoms with Gasteiger partial charge in [0.25, 0.3) is 0 Å². The Morgan fingerprint density at radius 1 is 1.14 bits per heavy atom. The van der Waals surface area contributed by atoms with Crippen LogP contribution in [0.1, 0.15) is 56.1 Å². The summed E-state index contributed by atoms with van der Waals surface area (Å²) in [7, 11) is 0. The van der Waals surface area contributed by atoms with Gasteiger partial charge in [-0.2, -0.15) is 0 Å². The third-order valence-electron chi connectivity index (χ3n) is 6.66. The number of fused-ring (bicyclic) bond motifs is 5. The maximum atomic E-state index is 10.4. The van der Waals surface area contributed by atoms with Gasteiger partial charge >= 0.3 is 29.6 Å². The number of phenolic OH excluding ortho intramolecular Hbond substituents is 1. The van der Waals surface area contributed by atoms with E-state index >= 15 is 0 Å². The van der Waals surface area contributed by atoms with E-state index in [1.165, 1.54) is 30.4 Å². The minimum absolute atomic E-state index is 0. The Morgan fingerprint density at radius 3 is 2.76 bits per heavy atom. The second-order valence-electron chi connectivity index (χ2n) is 7.44. The van der Waals surface area contributed by atoms with Crippen LogP contribution in [-0.2, 0) is 6.42 Å². The molecule has 110 valence electrons. The number of phenols is 1. The summed E-state index contributed by atoms with van der Waals surface area (Å²) in [5.74, 6) is 2.49. The van der Waals surface area contributed by atoms with Gasteiger partial charge in [-0.3, -0.25) is 0 Å². The first-order chi connectivity index (χ1) is 9.59. The normalized spacial score (nSPS) is 40.7. The summed E-state index contributed by atoms with van der Waals surface area (Å²) >= 11 is 0. The molecule has 2 saturated carbocycles. The number of aryl methyl sites for hydroxylation is 1. The zero-order chi connectivity index (χ0) is 13.9. The third kappa shape index (κ3) is 2.30. The summed E-state index contributed by atoms with van der Waals surface area (Å²) in [5, 5.41) is 20.0. The van der Waals surface area contributed by atoms with Crippen molar-refractivity contribution in [3.05, 3.63) is 29.3 Å². The van der Waals surface area contributed by atoms with E-state index in [0.717, 1.165) is 25.2 Å². The second-order valence-corrected chi connectivity index (χ2v) is 7.44. The Morgan fingerprint density at radius 2 is 1.95 bits per heavy atom. The third-order valence-corrected chi connectivity index (χ3v) is 6.66. The predicted octanol–water partition coefficient (Wildman–Crippen LogP) is 2.96. The maximum absolute atomic E-state index is 10.4.